The first kappa shape index (κ1) is 11.3. The Bertz CT molecular complexity index is 151. The highest BCUT2D eigenvalue weighted by Crippen LogP contribution is 2.17. The lowest BCUT2D eigenvalue weighted by atomic mass is 10.1. The van der Waals surface area contributed by atoms with Crippen molar-refractivity contribution in [1.29, 1.82) is 0 Å². The average Bonchev–Trinajstić information content (AvgIpc) is 2.17. The fourth-order valence-corrected chi connectivity index (χ4v) is 2.38. The summed E-state index contributed by atoms with van der Waals surface area (Å²) in [6.07, 6.45) is 10.4. The van der Waals surface area contributed by atoms with Crippen molar-refractivity contribution in [3.63, 3.8) is 0 Å². The van der Waals surface area contributed by atoms with Gasteiger partial charge in [0.25, 0.3) is 3.91 Å². The second-order valence-corrected chi connectivity index (χ2v) is 4.79. The quantitative estimate of drug-likeness (QED) is 0.447. The number of rotatable bonds is 1. The van der Waals surface area contributed by atoms with Crippen LogP contribution >= 0.6 is 22.6 Å². The summed E-state index contributed by atoms with van der Waals surface area (Å²) in [5.41, 5.74) is 0. The van der Waals surface area contributed by atoms with E-state index in [1.54, 1.807) is 0 Å². The number of hydrogen-bond acceptors (Lipinski definition) is 1. The van der Waals surface area contributed by atoms with Crippen LogP contribution in [0.1, 0.15) is 51.4 Å². The molecule has 0 aromatic rings. The molecule has 1 saturated carbocycles. The molecule has 13 heavy (non-hydrogen) atoms. The van der Waals surface area contributed by atoms with Crippen LogP contribution in [0.25, 0.3) is 0 Å². The molecule has 0 unspecified atom stereocenters. The smallest absolute Gasteiger partial charge is 0.280 e. The van der Waals surface area contributed by atoms with Gasteiger partial charge in [-0.25, -0.2) is 0 Å². The van der Waals surface area contributed by atoms with Crippen LogP contribution in [-0.2, 0) is 0 Å². The van der Waals surface area contributed by atoms with E-state index in [2.05, 4.69) is 5.32 Å². The fraction of sp³-hybridized carbons (Fsp3) is 0.900. The predicted octanol–water partition coefficient (Wildman–Crippen LogP) is 3.63. The Morgan fingerprint density at radius 2 is 1.46 bits per heavy atom. The monoisotopic (exact) mass is 295 g/mol. The van der Waals surface area contributed by atoms with Crippen LogP contribution in [0.5, 0.6) is 0 Å². The zero-order valence-electron chi connectivity index (χ0n) is 8.02. The highest BCUT2D eigenvalue weighted by atomic mass is 127. The Morgan fingerprint density at radius 3 is 1.92 bits per heavy atom. The van der Waals surface area contributed by atoms with E-state index >= 15 is 0 Å². The van der Waals surface area contributed by atoms with Crippen molar-refractivity contribution in [3.8, 4) is 0 Å². The Balaban J connectivity index is 2.27. The van der Waals surface area contributed by atoms with Crippen LogP contribution in [0.3, 0.4) is 0 Å². The maximum absolute atomic E-state index is 10.9. The molecule has 1 N–H and O–H groups in total. The van der Waals surface area contributed by atoms with Crippen molar-refractivity contribution in [1.82, 2.24) is 5.32 Å². The molecular weight excluding hydrogens is 277 g/mol. The van der Waals surface area contributed by atoms with E-state index in [4.69, 9.17) is 0 Å². The molecule has 76 valence electrons. The van der Waals surface area contributed by atoms with Gasteiger partial charge in [0.15, 0.2) is 0 Å². The van der Waals surface area contributed by atoms with E-state index in [0.29, 0.717) is 6.04 Å². The second kappa shape index (κ2) is 6.62. The molecule has 0 aromatic carbocycles. The molecule has 0 spiro atoms. The van der Waals surface area contributed by atoms with Gasteiger partial charge in [0.2, 0.25) is 0 Å². The molecule has 1 fully saturated rings. The molecule has 0 radical (unpaired) electrons. The van der Waals surface area contributed by atoms with Crippen LogP contribution in [-0.4, -0.2) is 9.96 Å². The van der Waals surface area contributed by atoms with E-state index in [1.165, 1.54) is 51.4 Å². The highest BCUT2D eigenvalue weighted by Gasteiger charge is 2.11. The summed E-state index contributed by atoms with van der Waals surface area (Å²) in [6.45, 7) is 0. The van der Waals surface area contributed by atoms with E-state index < -0.39 is 0 Å². The molecule has 1 aliphatic rings. The number of amides is 1. The molecular formula is C10H18INO. The van der Waals surface area contributed by atoms with Crippen molar-refractivity contribution in [2.75, 3.05) is 0 Å². The molecule has 0 saturated heterocycles. The molecule has 0 atom stereocenters. The van der Waals surface area contributed by atoms with Gasteiger partial charge in [-0.2, -0.15) is 0 Å². The fourth-order valence-electron chi connectivity index (χ4n) is 1.94. The van der Waals surface area contributed by atoms with Crippen molar-refractivity contribution in [2.45, 2.75) is 57.4 Å². The van der Waals surface area contributed by atoms with Gasteiger partial charge >= 0.3 is 0 Å². The lowest BCUT2D eigenvalue weighted by molar-refractivity contribution is 0.258. The molecule has 0 heterocycles. The third-order valence-corrected chi connectivity index (χ3v) is 2.98. The summed E-state index contributed by atoms with van der Waals surface area (Å²) in [7, 11) is 0. The van der Waals surface area contributed by atoms with Crippen molar-refractivity contribution in [3.05, 3.63) is 0 Å². The zero-order valence-corrected chi connectivity index (χ0v) is 10.2. The first-order valence-corrected chi connectivity index (χ1v) is 6.33. The van der Waals surface area contributed by atoms with Gasteiger partial charge < -0.3 is 5.32 Å². The minimum Gasteiger partial charge on any atom is -0.345 e. The van der Waals surface area contributed by atoms with Crippen molar-refractivity contribution in [2.24, 2.45) is 0 Å². The Labute approximate surface area is 94.0 Å². The molecule has 0 aliphatic heterocycles. The summed E-state index contributed by atoms with van der Waals surface area (Å²) < 4.78 is 0.0989. The van der Waals surface area contributed by atoms with Gasteiger partial charge in [-0.1, -0.05) is 38.5 Å². The Kier molecular flexibility index (Phi) is 5.75. The number of carbonyl (C=O) groups is 1. The zero-order chi connectivity index (χ0) is 9.52. The maximum Gasteiger partial charge on any atom is 0.280 e. The first-order chi connectivity index (χ1) is 6.29. The van der Waals surface area contributed by atoms with Gasteiger partial charge in [-0.15, -0.1) is 0 Å². The molecule has 0 bridgehead atoms. The number of carbonyl (C=O) groups excluding carboxylic acids is 1. The number of halogens is 1. The normalized spacial score (nSPS) is 21.3. The molecule has 1 amide bonds. The lowest BCUT2D eigenvalue weighted by Crippen LogP contribution is -2.30. The summed E-state index contributed by atoms with van der Waals surface area (Å²) >= 11 is 1.83. The second-order valence-electron chi connectivity index (χ2n) is 3.81. The summed E-state index contributed by atoms with van der Waals surface area (Å²) in [4.78, 5) is 10.9. The Hall–Kier alpha value is 0.200. The largest absolute Gasteiger partial charge is 0.345 e. The van der Waals surface area contributed by atoms with Gasteiger partial charge in [0.05, 0.1) is 0 Å². The number of hydrogen-bond donors (Lipinski definition) is 1. The van der Waals surface area contributed by atoms with Crippen LogP contribution in [0.15, 0.2) is 0 Å². The standard InChI is InChI=1S/C10H18INO/c11-10(13)12-9-7-5-3-1-2-4-6-8-9/h9H,1-8H2,(H,12,13). The van der Waals surface area contributed by atoms with Crippen LogP contribution < -0.4 is 5.32 Å². The third-order valence-electron chi connectivity index (χ3n) is 2.67. The van der Waals surface area contributed by atoms with E-state index in [9.17, 15) is 4.79 Å². The van der Waals surface area contributed by atoms with Crippen LogP contribution in [0, 0.1) is 0 Å². The first-order valence-electron chi connectivity index (χ1n) is 5.25. The van der Waals surface area contributed by atoms with E-state index in [-0.39, 0.29) is 3.91 Å². The SMILES string of the molecule is O=C(I)NC1CCCCCCCC1. The lowest BCUT2D eigenvalue weighted by Gasteiger charge is -2.15. The molecule has 1 rings (SSSR count). The van der Waals surface area contributed by atoms with Gasteiger partial charge in [-0.05, 0) is 12.8 Å². The minimum atomic E-state index is 0.0989. The topological polar surface area (TPSA) is 29.1 Å². The van der Waals surface area contributed by atoms with Gasteiger partial charge in [0.1, 0.15) is 0 Å². The predicted molar refractivity (Wildman–Crippen MR) is 63.3 cm³/mol. The average molecular weight is 295 g/mol. The van der Waals surface area contributed by atoms with Crippen LogP contribution in [0.2, 0.25) is 0 Å². The van der Waals surface area contributed by atoms with E-state index in [0.717, 1.165) is 0 Å². The minimum absolute atomic E-state index is 0.0989. The Morgan fingerprint density at radius 1 is 1.00 bits per heavy atom. The highest BCUT2D eigenvalue weighted by molar-refractivity contribution is 14.1. The molecule has 3 heteroatoms. The summed E-state index contributed by atoms with van der Waals surface area (Å²) in [5.74, 6) is 0. The number of nitrogens with one attached hydrogen (secondary N) is 1. The molecule has 0 aromatic heterocycles. The summed E-state index contributed by atoms with van der Waals surface area (Å²) in [6, 6.07) is 0.447. The summed E-state index contributed by atoms with van der Waals surface area (Å²) in [5, 5.41) is 3.02. The van der Waals surface area contributed by atoms with Crippen LogP contribution in [0.4, 0.5) is 4.79 Å². The van der Waals surface area contributed by atoms with Gasteiger partial charge in [-0.3, -0.25) is 4.79 Å². The van der Waals surface area contributed by atoms with Gasteiger partial charge in [0, 0.05) is 28.6 Å². The van der Waals surface area contributed by atoms with E-state index in [1.807, 2.05) is 22.6 Å². The van der Waals surface area contributed by atoms with Crippen molar-refractivity contribution < 1.29 is 4.79 Å². The molecule has 2 nitrogen and oxygen atoms in total. The maximum atomic E-state index is 10.9. The molecule has 1 aliphatic carbocycles. The van der Waals surface area contributed by atoms with Crippen molar-refractivity contribution >= 4 is 26.5 Å². The third kappa shape index (κ3) is 5.49.